The van der Waals surface area contributed by atoms with Crippen LogP contribution in [0.5, 0.6) is 0 Å². The van der Waals surface area contributed by atoms with Crippen LogP contribution in [0.1, 0.15) is 26.3 Å². The van der Waals surface area contributed by atoms with E-state index in [1.807, 2.05) is 33.8 Å². The van der Waals surface area contributed by atoms with Gasteiger partial charge in [-0.2, -0.15) is 0 Å². The second kappa shape index (κ2) is 6.41. The highest BCUT2D eigenvalue weighted by Crippen LogP contribution is 2.22. The standard InChI is InChI=1S/C13H19ClN2O.ClH/c1-8-5-6-9(14)7-10(8)16-12(17)11(15)13(2,3)4;/h5-7,11H,15H2,1-4H3,(H,16,17);1H/t11-;/m1./s1. The van der Waals surface area contributed by atoms with Gasteiger partial charge < -0.3 is 11.1 Å². The van der Waals surface area contributed by atoms with Gasteiger partial charge in [0.05, 0.1) is 6.04 Å². The summed E-state index contributed by atoms with van der Waals surface area (Å²) in [5.41, 5.74) is 7.29. The van der Waals surface area contributed by atoms with Gasteiger partial charge in [-0.3, -0.25) is 4.79 Å². The van der Waals surface area contributed by atoms with Crippen molar-refractivity contribution >= 4 is 35.6 Å². The molecule has 3 nitrogen and oxygen atoms in total. The number of carbonyl (C=O) groups excluding carboxylic acids is 1. The highest BCUT2D eigenvalue weighted by molar-refractivity contribution is 6.31. The molecule has 1 aromatic rings. The highest BCUT2D eigenvalue weighted by Gasteiger charge is 2.27. The van der Waals surface area contributed by atoms with Crippen molar-refractivity contribution < 1.29 is 4.79 Å². The van der Waals surface area contributed by atoms with E-state index in [-0.39, 0.29) is 23.7 Å². The molecule has 0 unspecified atom stereocenters. The fourth-order valence-electron chi connectivity index (χ4n) is 1.33. The SMILES string of the molecule is Cc1ccc(Cl)cc1NC(=O)[C@@H](N)C(C)(C)C.Cl. The van der Waals surface area contributed by atoms with E-state index < -0.39 is 6.04 Å². The first-order valence-corrected chi connectivity index (χ1v) is 5.92. The van der Waals surface area contributed by atoms with Crippen molar-refractivity contribution in [3.8, 4) is 0 Å². The van der Waals surface area contributed by atoms with E-state index in [2.05, 4.69) is 5.32 Å². The predicted molar refractivity (Wildman–Crippen MR) is 79.5 cm³/mol. The molecule has 102 valence electrons. The first-order valence-electron chi connectivity index (χ1n) is 5.54. The summed E-state index contributed by atoms with van der Waals surface area (Å²) in [4.78, 5) is 11.9. The number of rotatable bonds is 2. The molecule has 0 heterocycles. The third-order valence-corrected chi connectivity index (χ3v) is 2.91. The van der Waals surface area contributed by atoms with Crippen LogP contribution in [0.15, 0.2) is 18.2 Å². The van der Waals surface area contributed by atoms with E-state index in [1.54, 1.807) is 12.1 Å². The molecule has 0 fully saturated rings. The summed E-state index contributed by atoms with van der Waals surface area (Å²) < 4.78 is 0. The van der Waals surface area contributed by atoms with E-state index >= 15 is 0 Å². The van der Waals surface area contributed by atoms with Crippen molar-refractivity contribution in [3.05, 3.63) is 28.8 Å². The Morgan fingerprint density at radius 1 is 1.39 bits per heavy atom. The van der Waals surface area contributed by atoms with Gasteiger partial charge in [-0.1, -0.05) is 38.4 Å². The van der Waals surface area contributed by atoms with Crippen molar-refractivity contribution in [2.75, 3.05) is 5.32 Å². The number of carbonyl (C=O) groups is 1. The fraction of sp³-hybridized carbons (Fsp3) is 0.462. The Kier molecular flexibility index (Phi) is 6.14. The average Bonchev–Trinajstić information content (AvgIpc) is 2.21. The van der Waals surface area contributed by atoms with Gasteiger partial charge in [-0.25, -0.2) is 0 Å². The van der Waals surface area contributed by atoms with E-state index in [9.17, 15) is 4.79 Å². The van der Waals surface area contributed by atoms with Crippen molar-refractivity contribution in [1.29, 1.82) is 0 Å². The van der Waals surface area contributed by atoms with E-state index in [1.165, 1.54) is 0 Å². The number of amides is 1. The maximum Gasteiger partial charge on any atom is 0.241 e. The van der Waals surface area contributed by atoms with Crippen LogP contribution < -0.4 is 11.1 Å². The van der Waals surface area contributed by atoms with E-state index in [0.29, 0.717) is 10.7 Å². The Hall–Kier alpha value is -0.770. The van der Waals surface area contributed by atoms with Gasteiger partial charge in [-0.05, 0) is 30.0 Å². The molecule has 1 aromatic carbocycles. The second-order valence-corrected chi connectivity index (χ2v) is 5.73. The van der Waals surface area contributed by atoms with Gasteiger partial charge in [0.25, 0.3) is 0 Å². The molecule has 0 bridgehead atoms. The number of nitrogens with one attached hydrogen (secondary N) is 1. The normalized spacial score (nSPS) is 12.6. The zero-order chi connectivity index (χ0) is 13.2. The zero-order valence-electron chi connectivity index (χ0n) is 11.1. The minimum atomic E-state index is -0.555. The summed E-state index contributed by atoms with van der Waals surface area (Å²) in [7, 11) is 0. The van der Waals surface area contributed by atoms with Gasteiger partial charge in [0.15, 0.2) is 0 Å². The van der Waals surface area contributed by atoms with Gasteiger partial charge in [0.2, 0.25) is 5.91 Å². The molecular formula is C13H20Cl2N2O. The molecule has 1 atom stereocenters. The maximum absolute atomic E-state index is 11.9. The minimum absolute atomic E-state index is 0. The number of hydrogen-bond acceptors (Lipinski definition) is 2. The van der Waals surface area contributed by atoms with Crippen LogP contribution in [0.4, 0.5) is 5.69 Å². The molecule has 1 rings (SSSR count). The Morgan fingerprint density at radius 2 is 1.94 bits per heavy atom. The summed E-state index contributed by atoms with van der Waals surface area (Å²) in [5, 5.41) is 3.40. The minimum Gasteiger partial charge on any atom is -0.324 e. The van der Waals surface area contributed by atoms with Gasteiger partial charge in [0.1, 0.15) is 0 Å². The molecule has 0 radical (unpaired) electrons. The lowest BCUT2D eigenvalue weighted by Gasteiger charge is -2.26. The summed E-state index contributed by atoms with van der Waals surface area (Å²) in [6.45, 7) is 7.71. The van der Waals surface area contributed by atoms with Crippen molar-refractivity contribution in [3.63, 3.8) is 0 Å². The van der Waals surface area contributed by atoms with Crippen LogP contribution in [0, 0.1) is 12.3 Å². The lowest BCUT2D eigenvalue weighted by atomic mass is 9.87. The Balaban J connectivity index is 0.00000289. The summed E-state index contributed by atoms with van der Waals surface area (Å²) in [6, 6.07) is 4.82. The van der Waals surface area contributed by atoms with E-state index in [0.717, 1.165) is 5.56 Å². The average molecular weight is 291 g/mol. The lowest BCUT2D eigenvalue weighted by Crippen LogP contribution is -2.45. The Bertz CT molecular complexity index is 427. The molecule has 0 aliphatic rings. The molecule has 0 saturated heterocycles. The van der Waals surface area contributed by atoms with Crippen LogP contribution in [-0.2, 0) is 4.79 Å². The predicted octanol–water partition coefficient (Wildman–Crippen LogP) is 3.38. The Morgan fingerprint density at radius 3 is 2.44 bits per heavy atom. The Labute approximate surface area is 119 Å². The molecule has 0 aromatic heterocycles. The smallest absolute Gasteiger partial charge is 0.241 e. The number of aryl methyl sites for hydroxylation is 1. The molecule has 0 spiro atoms. The molecule has 0 aliphatic heterocycles. The molecule has 0 saturated carbocycles. The van der Waals surface area contributed by atoms with Crippen LogP contribution in [-0.4, -0.2) is 11.9 Å². The number of benzene rings is 1. The van der Waals surface area contributed by atoms with Crippen LogP contribution in [0.3, 0.4) is 0 Å². The van der Waals surface area contributed by atoms with Crippen molar-refractivity contribution in [2.24, 2.45) is 11.1 Å². The van der Waals surface area contributed by atoms with Crippen molar-refractivity contribution in [1.82, 2.24) is 0 Å². The number of anilines is 1. The van der Waals surface area contributed by atoms with E-state index in [4.69, 9.17) is 17.3 Å². The summed E-state index contributed by atoms with van der Waals surface area (Å²) >= 11 is 5.89. The van der Waals surface area contributed by atoms with Gasteiger partial charge in [0, 0.05) is 10.7 Å². The molecule has 3 N–H and O–H groups in total. The van der Waals surface area contributed by atoms with Crippen LogP contribution in [0.2, 0.25) is 5.02 Å². The maximum atomic E-state index is 11.9. The molecule has 1 amide bonds. The second-order valence-electron chi connectivity index (χ2n) is 5.29. The fourth-order valence-corrected chi connectivity index (χ4v) is 1.50. The van der Waals surface area contributed by atoms with Crippen LogP contribution >= 0.6 is 24.0 Å². The van der Waals surface area contributed by atoms with Crippen LogP contribution in [0.25, 0.3) is 0 Å². The number of nitrogens with two attached hydrogens (primary N) is 1. The van der Waals surface area contributed by atoms with Crippen molar-refractivity contribution in [2.45, 2.75) is 33.7 Å². The zero-order valence-corrected chi connectivity index (χ0v) is 12.7. The quantitative estimate of drug-likeness (QED) is 0.877. The number of halogens is 2. The van der Waals surface area contributed by atoms with Gasteiger partial charge >= 0.3 is 0 Å². The van der Waals surface area contributed by atoms with Gasteiger partial charge in [-0.15, -0.1) is 12.4 Å². The third kappa shape index (κ3) is 4.48. The third-order valence-electron chi connectivity index (χ3n) is 2.67. The summed E-state index contributed by atoms with van der Waals surface area (Å²) in [5.74, 6) is -0.192. The monoisotopic (exact) mass is 290 g/mol. The molecule has 5 heteroatoms. The topological polar surface area (TPSA) is 55.1 Å². The largest absolute Gasteiger partial charge is 0.324 e. The molecular weight excluding hydrogens is 271 g/mol. The molecule has 18 heavy (non-hydrogen) atoms. The molecule has 0 aliphatic carbocycles. The first-order chi connectivity index (χ1) is 7.71. The number of hydrogen-bond donors (Lipinski definition) is 2. The lowest BCUT2D eigenvalue weighted by molar-refractivity contribution is -0.119. The first kappa shape index (κ1) is 17.2. The highest BCUT2D eigenvalue weighted by atomic mass is 35.5. The summed E-state index contributed by atoms with van der Waals surface area (Å²) in [6.07, 6.45) is 0.